The highest BCUT2D eigenvalue weighted by Crippen LogP contribution is 2.17. The van der Waals surface area contributed by atoms with Gasteiger partial charge in [-0.3, -0.25) is 4.79 Å². The van der Waals surface area contributed by atoms with Gasteiger partial charge in [0.2, 0.25) is 0 Å². The van der Waals surface area contributed by atoms with Gasteiger partial charge in [-0.25, -0.2) is 4.79 Å². The fourth-order valence-corrected chi connectivity index (χ4v) is 2.23. The van der Waals surface area contributed by atoms with Gasteiger partial charge in [0.15, 0.2) is 6.61 Å². The Balaban J connectivity index is 1.77. The second-order valence-electron chi connectivity index (χ2n) is 5.18. The predicted molar refractivity (Wildman–Crippen MR) is 91.1 cm³/mol. The molecule has 0 heterocycles. The molecular formula is C19H18N2O4. The van der Waals surface area contributed by atoms with E-state index in [1.54, 1.807) is 19.2 Å². The Bertz CT molecular complexity index is 796. The van der Waals surface area contributed by atoms with Crippen LogP contribution in [0.2, 0.25) is 0 Å². The molecule has 0 saturated heterocycles. The molecule has 0 unspecified atom stereocenters. The van der Waals surface area contributed by atoms with E-state index in [2.05, 4.69) is 5.32 Å². The van der Waals surface area contributed by atoms with E-state index in [0.717, 1.165) is 11.3 Å². The van der Waals surface area contributed by atoms with Crippen molar-refractivity contribution >= 4 is 11.9 Å². The number of carbonyl (C=O) groups excluding carboxylic acids is 2. The van der Waals surface area contributed by atoms with Crippen molar-refractivity contribution in [1.82, 2.24) is 5.32 Å². The largest absolute Gasteiger partial charge is 0.496 e. The topological polar surface area (TPSA) is 88.4 Å². The van der Waals surface area contributed by atoms with Crippen LogP contribution in [0.25, 0.3) is 0 Å². The van der Waals surface area contributed by atoms with Crippen LogP contribution in [0, 0.1) is 11.3 Å². The van der Waals surface area contributed by atoms with Crippen molar-refractivity contribution in [2.75, 3.05) is 20.3 Å². The quantitative estimate of drug-likeness (QED) is 0.781. The van der Waals surface area contributed by atoms with Crippen LogP contribution >= 0.6 is 0 Å². The number of nitriles is 1. The highest BCUT2D eigenvalue weighted by Gasteiger charge is 2.11. The molecule has 0 aliphatic carbocycles. The Morgan fingerprint density at radius 3 is 2.72 bits per heavy atom. The van der Waals surface area contributed by atoms with Crippen LogP contribution in [0.3, 0.4) is 0 Å². The van der Waals surface area contributed by atoms with Crippen LogP contribution in [0.4, 0.5) is 0 Å². The summed E-state index contributed by atoms with van der Waals surface area (Å²) in [6, 6.07) is 15.6. The number of nitrogens with one attached hydrogen (secondary N) is 1. The first-order chi connectivity index (χ1) is 12.1. The number of methoxy groups -OCH3 is 1. The Labute approximate surface area is 146 Å². The molecule has 2 rings (SSSR count). The van der Waals surface area contributed by atoms with E-state index in [9.17, 15) is 9.59 Å². The highest BCUT2D eigenvalue weighted by atomic mass is 16.5. The lowest BCUT2D eigenvalue weighted by Crippen LogP contribution is -2.30. The van der Waals surface area contributed by atoms with Crippen molar-refractivity contribution in [1.29, 1.82) is 5.26 Å². The molecule has 0 bridgehead atoms. The number of hydrogen-bond acceptors (Lipinski definition) is 5. The second kappa shape index (κ2) is 9.08. The van der Waals surface area contributed by atoms with Crippen molar-refractivity contribution in [3.63, 3.8) is 0 Å². The van der Waals surface area contributed by atoms with Crippen molar-refractivity contribution < 1.29 is 19.1 Å². The van der Waals surface area contributed by atoms with E-state index in [0.29, 0.717) is 18.5 Å². The monoisotopic (exact) mass is 338 g/mol. The first-order valence-electron chi connectivity index (χ1n) is 7.70. The number of esters is 1. The summed E-state index contributed by atoms with van der Waals surface area (Å²) >= 11 is 0. The standard InChI is InChI=1S/C19H18N2O4/c1-24-17-8-3-2-6-15(17)9-10-21-18(22)13-25-19(23)16-7-4-5-14(11-16)12-20/h2-8,11H,9-10,13H2,1H3,(H,21,22). The SMILES string of the molecule is COc1ccccc1CCNC(=O)COC(=O)c1cccc(C#N)c1. The molecule has 0 radical (unpaired) electrons. The van der Waals surface area contributed by atoms with E-state index in [4.69, 9.17) is 14.7 Å². The molecule has 0 saturated carbocycles. The molecule has 0 spiro atoms. The molecule has 2 aromatic rings. The normalized spacial score (nSPS) is 9.76. The van der Waals surface area contributed by atoms with Crippen molar-refractivity contribution in [3.8, 4) is 11.8 Å². The number of nitrogens with zero attached hydrogens (tertiary/aromatic N) is 1. The maximum absolute atomic E-state index is 11.9. The van der Waals surface area contributed by atoms with E-state index >= 15 is 0 Å². The number of hydrogen-bond donors (Lipinski definition) is 1. The minimum absolute atomic E-state index is 0.237. The van der Waals surface area contributed by atoms with Gasteiger partial charge >= 0.3 is 5.97 Å². The van der Waals surface area contributed by atoms with E-state index in [-0.39, 0.29) is 18.1 Å². The number of para-hydroxylation sites is 1. The van der Waals surface area contributed by atoms with Gasteiger partial charge in [0.1, 0.15) is 5.75 Å². The van der Waals surface area contributed by atoms with Gasteiger partial charge in [-0.05, 0) is 36.2 Å². The summed E-state index contributed by atoms with van der Waals surface area (Å²) in [6.07, 6.45) is 0.605. The van der Waals surface area contributed by atoms with Gasteiger partial charge in [-0.2, -0.15) is 5.26 Å². The number of ether oxygens (including phenoxy) is 2. The van der Waals surface area contributed by atoms with Crippen LogP contribution < -0.4 is 10.1 Å². The second-order valence-corrected chi connectivity index (χ2v) is 5.18. The van der Waals surface area contributed by atoms with Crippen LogP contribution in [-0.4, -0.2) is 32.1 Å². The summed E-state index contributed by atoms with van der Waals surface area (Å²) < 4.78 is 10.2. The predicted octanol–water partition coefficient (Wildman–Crippen LogP) is 2.08. The van der Waals surface area contributed by atoms with Crippen LogP contribution in [-0.2, 0) is 16.0 Å². The Hall–Kier alpha value is -3.33. The molecule has 6 heteroatoms. The van der Waals surface area contributed by atoms with Gasteiger partial charge in [-0.15, -0.1) is 0 Å². The molecule has 25 heavy (non-hydrogen) atoms. The fourth-order valence-electron chi connectivity index (χ4n) is 2.23. The number of rotatable bonds is 7. The van der Waals surface area contributed by atoms with Gasteiger partial charge in [0.05, 0.1) is 24.3 Å². The zero-order valence-corrected chi connectivity index (χ0v) is 13.8. The number of benzene rings is 2. The maximum Gasteiger partial charge on any atom is 0.338 e. The fraction of sp³-hybridized carbons (Fsp3) is 0.211. The summed E-state index contributed by atoms with van der Waals surface area (Å²) in [5.74, 6) is -0.266. The first-order valence-corrected chi connectivity index (χ1v) is 7.70. The maximum atomic E-state index is 11.9. The molecular weight excluding hydrogens is 320 g/mol. The third kappa shape index (κ3) is 5.36. The van der Waals surface area contributed by atoms with Crippen LogP contribution in [0.15, 0.2) is 48.5 Å². The lowest BCUT2D eigenvalue weighted by molar-refractivity contribution is -0.124. The van der Waals surface area contributed by atoms with E-state index in [1.807, 2.05) is 30.3 Å². The highest BCUT2D eigenvalue weighted by molar-refractivity contribution is 5.91. The number of amides is 1. The lowest BCUT2D eigenvalue weighted by Gasteiger charge is -2.09. The molecule has 0 atom stereocenters. The van der Waals surface area contributed by atoms with Crippen molar-refractivity contribution in [2.24, 2.45) is 0 Å². The van der Waals surface area contributed by atoms with Crippen molar-refractivity contribution in [3.05, 3.63) is 65.2 Å². The Morgan fingerprint density at radius 1 is 1.16 bits per heavy atom. The Kier molecular flexibility index (Phi) is 6.55. The smallest absolute Gasteiger partial charge is 0.338 e. The minimum atomic E-state index is -0.642. The summed E-state index contributed by atoms with van der Waals surface area (Å²) in [5, 5.41) is 11.5. The lowest BCUT2D eigenvalue weighted by atomic mass is 10.1. The molecule has 0 fully saturated rings. The summed E-state index contributed by atoms with van der Waals surface area (Å²) in [6.45, 7) is 0.0300. The molecule has 0 aliphatic heterocycles. The minimum Gasteiger partial charge on any atom is -0.496 e. The van der Waals surface area contributed by atoms with Gasteiger partial charge in [-0.1, -0.05) is 24.3 Å². The molecule has 128 valence electrons. The summed E-state index contributed by atoms with van der Waals surface area (Å²) in [5.41, 5.74) is 1.58. The zero-order valence-electron chi connectivity index (χ0n) is 13.8. The van der Waals surface area contributed by atoms with Gasteiger partial charge in [0.25, 0.3) is 5.91 Å². The van der Waals surface area contributed by atoms with E-state index < -0.39 is 5.97 Å². The van der Waals surface area contributed by atoms with Gasteiger partial charge in [0, 0.05) is 6.54 Å². The zero-order chi connectivity index (χ0) is 18.1. The van der Waals surface area contributed by atoms with Crippen LogP contribution in [0.1, 0.15) is 21.5 Å². The molecule has 1 N–H and O–H groups in total. The third-order valence-electron chi connectivity index (χ3n) is 3.47. The Morgan fingerprint density at radius 2 is 1.96 bits per heavy atom. The first kappa shape index (κ1) is 18.0. The van der Waals surface area contributed by atoms with Gasteiger partial charge < -0.3 is 14.8 Å². The summed E-state index contributed by atoms with van der Waals surface area (Å²) in [7, 11) is 1.60. The molecule has 6 nitrogen and oxygen atoms in total. The average molecular weight is 338 g/mol. The molecule has 0 aromatic heterocycles. The van der Waals surface area contributed by atoms with Crippen molar-refractivity contribution in [2.45, 2.75) is 6.42 Å². The summed E-state index contributed by atoms with van der Waals surface area (Å²) in [4.78, 5) is 23.6. The molecule has 2 aromatic carbocycles. The van der Waals surface area contributed by atoms with Crippen LogP contribution in [0.5, 0.6) is 5.75 Å². The molecule has 1 amide bonds. The molecule has 0 aliphatic rings. The van der Waals surface area contributed by atoms with E-state index in [1.165, 1.54) is 12.1 Å². The third-order valence-corrected chi connectivity index (χ3v) is 3.47. The average Bonchev–Trinajstić information content (AvgIpc) is 2.66. The number of carbonyl (C=O) groups is 2.